The molecular formula is C5H7FO. The van der Waals surface area contributed by atoms with E-state index in [0.717, 1.165) is 0 Å². The lowest BCUT2D eigenvalue weighted by molar-refractivity contribution is -0.116. The fourth-order valence-corrected chi connectivity index (χ4v) is 0.211. The van der Waals surface area contributed by atoms with Crippen molar-refractivity contribution in [2.75, 3.05) is 0 Å². The first kappa shape index (κ1) is 6.34. The highest BCUT2D eigenvalue weighted by molar-refractivity contribution is 5.76. The first-order valence-electron chi connectivity index (χ1n) is 2.02. The highest BCUT2D eigenvalue weighted by atomic mass is 19.1. The van der Waals surface area contributed by atoms with Gasteiger partial charge in [0.1, 0.15) is 5.78 Å². The topological polar surface area (TPSA) is 17.1 Å². The third kappa shape index (κ3) is 5.34. The molecule has 0 amide bonds. The van der Waals surface area contributed by atoms with Crippen LogP contribution in [0, 0.1) is 0 Å². The second-order valence-electron chi connectivity index (χ2n) is 1.27. The first-order valence-corrected chi connectivity index (χ1v) is 2.02. The summed E-state index contributed by atoms with van der Waals surface area (Å²) in [5.74, 6) is -0.0195. The zero-order valence-electron chi connectivity index (χ0n) is 4.15. The Hall–Kier alpha value is -0.660. The summed E-state index contributed by atoms with van der Waals surface area (Å²) in [5.41, 5.74) is 0. The third-order valence-electron chi connectivity index (χ3n) is 0.494. The summed E-state index contributed by atoms with van der Waals surface area (Å²) < 4.78 is 11.0. The molecule has 0 fully saturated rings. The molecule has 0 aromatic carbocycles. The van der Waals surface area contributed by atoms with Gasteiger partial charge >= 0.3 is 0 Å². The Balaban J connectivity index is 3.14. The SMILES string of the molecule is CC(=O)CC=CF. The molecule has 0 saturated heterocycles. The van der Waals surface area contributed by atoms with E-state index in [-0.39, 0.29) is 12.2 Å². The van der Waals surface area contributed by atoms with Crippen LogP contribution in [0.4, 0.5) is 4.39 Å². The number of allylic oxidation sites excluding steroid dienone is 1. The van der Waals surface area contributed by atoms with Gasteiger partial charge in [-0.2, -0.15) is 0 Å². The van der Waals surface area contributed by atoms with Crippen LogP contribution in [0.2, 0.25) is 0 Å². The van der Waals surface area contributed by atoms with Gasteiger partial charge in [0.25, 0.3) is 0 Å². The van der Waals surface area contributed by atoms with Crippen LogP contribution in [0.5, 0.6) is 0 Å². The Bertz CT molecular complexity index is 86.1. The second-order valence-corrected chi connectivity index (χ2v) is 1.27. The van der Waals surface area contributed by atoms with Gasteiger partial charge in [-0.25, -0.2) is 4.39 Å². The van der Waals surface area contributed by atoms with Crippen LogP contribution >= 0.6 is 0 Å². The van der Waals surface area contributed by atoms with Gasteiger partial charge in [-0.1, -0.05) is 0 Å². The monoisotopic (exact) mass is 102 g/mol. The molecule has 7 heavy (non-hydrogen) atoms. The van der Waals surface area contributed by atoms with Crippen molar-refractivity contribution in [1.29, 1.82) is 0 Å². The van der Waals surface area contributed by atoms with E-state index in [0.29, 0.717) is 6.33 Å². The zero-order valence-corrected chi connectivity index (χ0v) is 4.15. The molecule has 0 rings (SSSR count). The van der Waals surface area contributed by atoms with Crippen LogP contribution < -0.4 is 0 Å². The minimum atomic E-state index is -0.0195. The van der Waals surface area contributed by atoms with Crippen molar-refractivity contribution in [2.24, 2.45) is 0 Å². The van der Waals surface area contributed by atoms with Crippen LogP contribution in [0.3, 0.4) is 0 Å². The Morgan fingerprint density at radius 2 is 2.43 bits per heavy atom. The van der Waals surface area contributed by atoms with Crippen molar-refractivity contribution in [3.05, 3.63) is 12.4 Å². The van der Waals surface area contributed by atoms with E-state index in [4.69, 9.17) is 0 Å². The molecule has 0 spiro atoms. The molecule has 0 aromatic rings. The summed E-state index contributed by atoms with van der Waals surface area (Å²) in [4.78, 5) is 9.98. The van der Waals surface area contributed by atoms with Crippen LogP contribution in [0.1, 0.15) is 13.3 Å². The number of Topliss-reactive ketones (excluding diaryl/α,β-unsaturated/α-hetero) is 1. The molecule has 0 aromatic heterocycles. The molecule has 40 valence electrons. The van der Waals surface area contributed by atoms with Crippen LogP contribution in [-0.2, 0) is 4.79 Å². The van der Waals surface area contributed by atoms with Gasteiger partial charge in [0.05, 0.1) is 6.33 Å². The molecule has 0 N–H and O–H groups in total. The minimum Gasteiger partial charge on any atom is -0.300 e. The Morgan fingerprint density at radius 1 is 1.86 bits per heavy atom. The minimum absolute atomic E-state index is 0.0195. The molecule has 0 heterocycles. The molecule has 2 heteroatoms. The highest BCUT2D eigenvalue weighted by Crippen LogP contribution is 1.82. The lowest BCUT2D eigenvalue weighted by atomic mass is 10.3. The Kier molecular flexibility index (Phi) is 3.19. The summed E-state index contributed by atoms with van der Waals surface area (Å²) >= 11 is 0. The average molecular weight is 102 g/mol. The van der Waals surface area contributed by atoms with Crippen molar-refractivity contribution < 1.29 is 9.18 Å². The fraction of sp³-hybridized carbons (Fsp3) is 0.400. The Labute approximate surface area is 41.8 Å². The van der Waals surface area contributed by atoms with E-state index < -0.39 is 0 Å². The lowest BCUT2D eigenvalue weighted by Gasteiger charge is -1.76. The maximum atomic E-state index is 11.0. The molecular weight excluding hydrogens is 95.1 g/mol. The highest BCUT2D eigenvalue weighted by Gasteiger charge is 1.82. The van der Waals surface area contributed by atoms with Crippen molar-refractivity contribution >= 4 is 5.78 Å². The van der Waals surface area contributed by atoms with Crippen LogP contribution in [0.25, 0.3) is 0 Å². The fourth-order valence-electron chi connectivity index (χ4n) is 0.211. The number of halogens is 1. The summed E-state index contributed by atoms with van der Waals surface area (Å²) in [6, 6.07) is 0. The van der Waals surface area contributed by atoms with Gasteiger partial charge in [-0.3, -0.25) is 4.79 Å². The molecule has 1 nitrogen and oxygen atoms in total. The number of carbonyl (C=O) groups excluding carboxylic acids is 1. The number of hydrogen-bond acceptors (Lipinski definition) is 1. The molecule has 0 saturated carbocycles. The summed E-state index contributed by atoms with van der Waals surface area (Å²) in [7, 11) is 0. The largest absolute Gasteiger partial charge is 0.300 e. The Morgan fingerprint density at radius 3 is 2.57 bits per heavy atom. The predicted octanol–water partition coefficient (Wildman–Crippen LogP) is 1.45. The maximum Gasteiger partial charge on any atom is 0.133 e. The van der Waals surface area contributed by atoms with Gasteiger partial charge in [-0.15, -0.1) is 0 Å². The van der Waals surface area contributed by atoms with Crippen molar-refractivity contribution in [2.45, 2.75) is 13.3 Å². The molecule has 0 aliphatic rings. The normalized spacial score (nSPS) is 10.0. The van der Waals surface area contributed by atoms with E-state index in [1.165, 1.54) is 13.0 Å². The summed E-state index contributed by atoms with van der Waals surface area (Å²) in [6.07, 6.45) is 1.76. The number of rotatable bonds is 2. The van der Waals surface area contributed by atoms with Gasteiger partial charge in [0.15, 0.2) is 0 Å². The quantitative estimate of drug-likeness (QED) is 0.515. The van der Waals surface area contributed by atoms with Gasteiger partial charge in [-0.05, 0) is 13.0 Å². The molecule has 0 radical (unpaired) electrons. The van der Waals surface area contributed by atoms with E-state index in [1.807, 2.05) is 0 Å². The van der Waals surface area contributed by atoms with Crippen molar-refractivity contribution in [3.8, 4) is 0 Å². The van der Waals surface area contributed by atoms with Crippen molar-refractivity contribution in [1.82, 2.24) is 0 Å². The number of ketones is 1. The van der Waals surface area contributed by atoms with Gasteiger partial charge in [0, 0.05) is 6.42 Å². The van der Waals surface area contributed by atoms with E-state index in [2.05, 4.69) is 0 Å². The van der Waals surface area contributed by atoms with Crippen LogP contribution in [0.15, 0.2) is 12.4 Å². The smallest absolute Gasteiger partial charge is 0.133 e. The summed E-state index contributed by atoms with van der Waals surface area (Å²) in [6.45, 7) is 1.42. The predicted molar refractivity (Wildman–Crippen MR) is 25.5 cm³/mol. The molecule has 0 bridgehead atoms. The third-order valence-corrected chi connectivity index (χ3v) is 0.494. The molecule has 0 unspecified atom stereocenters. The van der Waals surface area contributed by atoms with E-state index >= 15 is 0 Å². The molecule has 0 atom stereocenters. The lowest BCUT2D eigenvalue weighted by Crippen LogP contribution is -1.82. The van der Waals surface area contributed by atoms with E-state index in [1.54, 1.807) is 0 Å². The van der Waals surface area contributed by atoms with Crippen LogP contribution in [-0.4, -0.2) is 5.78 Å². The van der Waals surface area contributed by atoms with Crippen molar-refractivity contribution in [3.63, 3.8) is 0 Å². The number of carbonyl (C=O) groups is 1. The molecule has 0 aliphatic carbocycles. The zero-order chi connectivity index (χ0) is 5.70. The standard InChI is InChI=1S/C5H7FO/c1-5(7)3-2-4-6/h2,4H,3H2,1H3. The molecule has 0 aliphatic heterocycles. The van der Waals surface area contributed by atoms with Gasteiger partial charge < -0.3 is 0 Å². The van der Waals surface area contributed by atoms with Gasteiger partial charge in [0.2, 0.25) is 0 Å². The second kappa shape index (κ2) is 3.53. The van der Waals surface area contributed by atoms with E-state index in [9.17, 15) is 9.18 Å². The maximum absolute atomic E-state index is 11.0. The number of hydrogen-bond donors (Lipinski definition) is 0. The first-order chi connectivity index (χ1) is 3.27. The summed E-state index contributed by atoms with van der Waals surface area (Å²) in [5, 5.41) is 0. The average Bonchev–Trinajstić information content (AvgIpc) is 1.61.